The lowest BCUT2D eigenvalue weighted by Gasteiger charge is -2.34. The molecule has 14 rings (SSSR count). The van der Waals surface area contributed by atoms with E-state index in [0.29, 0.717) is 17.5 Å². The molecule has 0 aliphatic heterocycles. The van der Waals surface area contributed by atoms with Crippen molar-refractivity contribution >= 4 is 43.1 Å². The van der Waals surface area contributed by atoms with E-state index in [9.17, 15) is 0 Å². The van der Waals surface area contributed by atoms with Crippen LogP contribution in [0.2, 0.25) is 0 Å². The van der Waals surface area contributed by atoms with E-state index >= 15 is 0 Å². The van der Waals surface area contributed by atoms with E-state index in [-0.39, 0.29) is 0 Å². The largest absolute Gasteiger partial charge is 0.208 e. The molecule has 3 nitrogen and oxygen atoms in total. The third-order valence-corrected chi connectivity index (χ3v) is 14.8. The van der Waals surface area contributed by atoms with Gasteiger partial charge in [-0.15, -0.1) is 0 Å². The Morgan fingerprint density at radius 3 is 1.48 bits per heavy atom. The highest BCUT2D eigenvalue weighted by molar-refractivity contribution is 6.23. The van der Waals surface area contributed by atoms with Gasteiger partial charge in [0.2, 0.25) is 0 Å². The second-order valence-electron chi connectivity index (χ2n) is 18.6. The van der Waals surface area contributed by atoms with E-state index in [0.717, 1.165) is 38.6 Å². The van der Waals surface area contributed by atoms with E-state index in [1.54, 1.807) is 0 Å². The second-order valence-corrected chi connectivity index (χ2v) is 18.6. The molecule has 1 aliphatic rings. The zero-order valence-electron chi connectivity index (χ0n) is 38.7. The first kappa shape index (κ1) is 40.7. The molecule has 0 N–H and O–H groups in total. The Kier molecular flexibility index (Phi) is 9.43. The van der Waals surface area contributed by atoms with Crippen molar-refractivity contribution in [3.63, 3.8) is 0 Å². The van der Waals surface area contributed by atoms with Crippen molar-refractivity contribution in [2.75, 3.05) is 0 Å². The molecule has 0 saturated carbocycles. The predicted molar refractivity (Wildman–Crippen MR) is 294 cm³/mol. The van der Waals surface area contributed by atoms with Gasteiger partial charge in [0.15, 0.2) is 17.5 Å². The Morgan fingerprint density at radius 2 is 0.746 bits per heavy atom. The van der Waals surface area contributed by atoms with Gasteiger partial charge in [-0.3, -0.25) is 0 Å². The molecule has 0 unspecified atom stereocenters. The van der Waals surface area contributed by atoms with Crippen molar-refractivity contribution in [3.05, 3.63) is 283 Å². The summed E-state index contributed by atoms with van der Waals surface area (Å²) < 4.78 is 0. The molecule has 3 heteroatoms. The van der Waals surface area contributed by atoms with Gasteiger partial charge in [0.05, 0.1) is 5.41 Å². The van der Waals surface area contributed by atoms with Crippen molar-refractivity contribution in [2.45, 2.75) is 5.41 Å². The summed E-state index contributed by atoms with van der Waals surface area (Å²) >= 11 is 0. The Morgan fingerprint density at radius 1 is 0.239 bits per heavy atom. The van der Waals surface area contributed by atoms with Crippen molar-refractivity contribution in [2.24, 2.45) is 0 Å². The highest BCUT2D eigenvalue weighted by Gasteiger charge is 2.46. The summed E-state index contributed by atoms with van der Waals surface area (Å²) in [4.78, 5) is 16.5. The predicted octanol–water partition coefficient (Wildman–Crippen LogP) is 17.2. The van der Waals surface area contributed by atoms with Gasteiger partial charge in [0, 0.05) is 16.7 Å². The minimum absolute atomic E-state index is 0.576. The maximum absolute atomic E-state index is 5.53. The van der Waals surface area contributed by atoms with Crippen LogP contribution in [0.3, 0.4) is 0 Å². The van der Waals surface area contributed by atoms with Crippen LogP contribution in [0, 0.1) is 0 Å². The molecule has 71 heavy (non-hydrogen) atoms. The Hall–Kier alpha value is -9.31. The molecule has 0 atom stereocenters. The van der Waals surface area contributed by atoms with Crippen molar-refractivity contribution in [1.29, 1.82) is 0 Å². The first-order chi connectivity index (χ1) is 35.2. The molecule has 0 fully saturated rings. The van der Waals surface area contributed by atoms with Crippen molar-refractivity contribution < 1.29 is 0 Å². The lowest BCUT2D eigenvalue weighted by molar-refractivity contribution is 0.768. The highest BCUT2D eigenvalue weighted by Crippen LogP contribution is 2.57. The Labute approximate surface area is 412 Å². The maximum Gasteiger partial charge on any atom is 0.164 e. The first-order valence-electron chi connectivity index (χ1n) is 24.3. The van der Waals surface area contributed by atoms with Crippen LogP contribution in [0.1, 0.15) is 22.3 Å². The smallest absolute Gasteiger partial charge is 0.164 e. The second kappa shape index (κ2) is 16.4. The van der Waals surface area contributed by atoms with Gasteiger partial charge in [0.1, 0.15) is 0 Å². The van der Waals surface area contributed by atoms with E-state index in [1.807, 2.05) is 0 Å². The summed E-state index contributed by atoms with van der Waals surface area (Å²) in [7, 11) is 0. The lowest BCUT2D eigenvalue weighted by Crippen LogP contribution is -2.28. The molecule has 0 amide bonds. The zero-order valence-corrected chi connectivity index (χ0v) is 38.7. The van der Waals surface area contributed by atoms with Crippen molar-refractivity contribution in [3.8, 4) is 67.5 Å². The van der Waals surface area contributed by atoms with Crippen LogP contribution < -0.4 is 0 Å². The SMILES string of the molecule is c1ccc(-c2ccccc2-c2nc(-c3ccc4c(c3)C(c3ccccc3)(c3ccccc3)c3ccccc3-4)nc(-c3ccc(-c4c5ccccc5cc5c4ccc4ccccc45)c4ccccc34)n2)cc1. The molecule has 0 radical (unpaired) electrons. The van der Waals surface area contributed by atoms with Gasteiger partial charge >= 0.3 is 0 Å². The average Bonchev–Trinajstić information content (AvgIpc) is 3.75. The first-order valence-corrected chi connectivity index (χ1v) is 24.3. The highest BCUT2D eigenvalue weighted by atomic mass is 15.0. The standard InChI is InChI=1S/C68H43N3/c1-4-20-44(21-5-1)50-28-14-17-34-59(50)66-69-65(47-37-38-56-55-33-18-19-35-62(55)68(63(56)43-47,48-24-6-2-7-25-48)49-26-8-3-9-27-49)70-67(71-66)60-41-40-57(53-31-15-16-32-54(53)60)64-52-30-13-11-23-46(52)42-61-51-29-12-10-22-45(51)36-39-58(61)64/h1-43H. The fourth-order valence-electron chi connectivity index (χ4n) is 11.7. The van der Waals surface area contributed by atoms with E-state index < -0.39 is 5.41 Å². The third-order valence-electron chi connectivity index (χ3n) is 14.8. The molecule has 0 spiro atoms. The molecule has 0 bridgehead atoms. The summed E-state index contributed by atoms with van der Waals surface area (Å²) in [6, 6.07) is 94.2. The number of benzene rings is 12. The Balaban J connectivity index is 1.02. The van der Waals surface area contributed by atoms with Crippen LogP contribution in [0.25, 0.3) is 111 Å². The number of rotatable bonds is 7. The van der Waals surface area contributed by atoms with Gasteiger partial charge < -0.3 is 0 Å². The van der Waals surface area contributed by atoms with Gasteiger partial charge in [0.25, 0.3) is 0 Å². The minimum atomic E-state index is -0.576. The molecule has 12 aromatic carbocycles. The Bertz CT molecular complexity index is 4180. The molecule has 0 saturated heterocycles. The van der Waals surface area contributed by atoms with Crippen LogP contribution in [-0.2, 0) is 5.41 Å². The summed E-state index contributed by atoms with van der Waals surface area (Å²) in [5.41, 5.74) is 14.1. The summed E-state index contributed by atoms with van der Waals surface area (Å²) in [6.45, 7) is 0. The molecule has 1 aliphatic carbocycles. The fraction of sp³-hybridized carbons (Fsp3) is 0.0147. The topological polar surface area (TPSA) is 38.7 Å². The number of fused-ring (bicyclic) bond motifs is 8. The normalized spacial score (nSPS) is 12.6. The number of hydrogen-bond acceptors (Lipinski definition) is 3. The molecule has 1 heterocycles. The third kappa shape index (κ3) is 6.40. The molecule has 1 aromatic heterocycles. The van der Waals surface area contributed by atoms with E-state index in [2.05, 4.69) is 261 Å². The number of aromatic nitrogens is 3. The van der Waals surface area contributed by atoms with Crippen LogP contribution >= 0.6 is 0 Å². The summed E-state index contributed by atoms with van der Waals surface area (Å²) in [5, 5.41) is 9.59. The summed E-state index contributed by atoms with van der Waals surface area (Å²) in [6.07, 6.45) is 0. The number of hydrogen-bond donors (Lipinski definition) is 0. The zero-order chi connectivity index (χ0) is 46.9. The van der Waals surface area contributed by atoms with Crippen molar-refractivity contribution in [1.82, 2.24) is 15.0 Å². The van der Waals surface area contributed by atoms with E-state index in [1.165, 1.54) is 76.8 Å². The van der Waals surface area contributed by atoms with Crippen LogP contribution in [-0.4, -0.2) is 15.0 Å². The number of nitrogens with zero attached hydrogens (tertiary/aromatic N) is 3. The summed E-state index contributed by atoms with van der Waals surface area (Å²) in [5.74, 6) is 1.85. The monoisotopic (exact) mass is 901 g/mol. The molecular weight excluding hydrogens is 859 g/mol. The fourth-order valence-corrected chi connectivity index (χ4v) is 11.7. The van der Waals surface area contributed by atoms with Gasteiger partial charge in [-0.1, -0.05) is 243 Å². The molecular formula is C68H43N3. The minimum Gasteiger partial charge on any atom is -0.208 e. The van der Waals surface area contributed by atoms with Gasteiger partial charge in [-0.2, -0.15) is 0 Å². The molecule has 13 aromatic rings. The molecule has 330 valence electrons. The quantitative estimate of drug-likeness (QED) is 0.118. The van der Waals surface area contributed by atoms with Gasteiger partial charge in [-0.05, 0) is 117 Å². The van der Waals surface area contributed by atoms with Crippen LogP contribution in [0.15, 0.2) is 261 Å². The van der Waals surface area contributed by atoms with E-state index in [4.69, 9.17) is 15.0 Å². The lowest BCUT2D eigenvalue weighted by atomic mass is 9.67. The maximum atomic E-state index is 5.53. The van der Waals surface area contributed by atoms with Crippen LogP contribution in [0.4, 0.5) is 0 Å². The average molecular weight is 902 g/mol. The van der Waals surface area contributed by atoms with Crippen LogP contribution in [0.5, 0.6) is 0 Å². The van der Waals surface area contributed by atoms with Gasteiger partial charge in [-0.25, -0.2) is 15.0 Å².